The molecule has 2 heterocycles. The maximum absolute atomic E-state index is 6.48. The van der Waals surface area contributed by atoms with E-state index >= 15 is 0 Å². The molecule has 59 heavy (non-hydrogen) atoms. The van der Waals surface area contributed by atoms with Gasteiger partial charge in [0.25, 0.3) is 0 Å². The molecular formula is C56H35NO2. The van der Waals surface area contributed by atoms with Crippen LogP contribution in [0, 0.1) is 0 Å². The average molecular weight is 754 g/mol. The van der Waals surface area contributed by atoms with Crippen LogP contribution in [0.4, 0.5) is 17.1 Å². The zero-order chi connectivity index (χ0) is 38.9. The van der Waals surface area contributed by atoms with Crippen LogP contribution in [0.2, 0.25) is 0 Å². The lowest BCUT2D eigenvalue weighted by Crippen LogP contribution is -2.12. The highest BCUT2D eigenvalue weighted by Gasteiger charge is 2.24. The molecule has 276 valence electrons. The summed E-state index contributed by atoms with van der Waals surface area (Å²) in [6.07, 6.45) is 0. The van der Waals surface area contributed by atoms with Gasteiger partial charge in [0.05, 0.1) is 5.69 Å². The molecule has 0 aliphatic heterocycles. The van der Waals surface area contributed by atoms with E-state index in [9.17, 15) is 0 Å². The smallest absolute Gasteiger partial charge is 0.143 e. The molecule has 12 rings (SSSR count). The molecule has 0 saturated carbocycles. The van der Waals surface area contributed by atoms with Crippen molar-refractivity contribution in [1.82, 2.24) is 0 Å². The number of furan rings is 2. The van der Waals surface area contributed by atoms with Crippen molar-refractivity contribution in [3.05, 3.63) is 212 Å². The van der Waals surface area contributed by atoms with Crippen LogP contribution in [-0.4, -0.2) is 0 Å². The van der Waals surface area contributed by atoms with Gasteiger partial charge < -0.3 is 13.7 Å². The molecule has 12 aromatic rings. The van der Waals surface area contributed by atoms with Crippen LogP contribution in [0.3, 0.4) is 0 Å². The van der Waals surface area contributed by atoms with Gasteiger partial charge in [0.15, 0.2) is 0 Å². The quantitative estimate of drug-likeness (QED) is 0.158. The third-order valence-electron chi connectivity index (χ3n) is 11.9. The molecule has 3 nitrogen and oxygen atoms in total. The highest BCUT2D eigenvalue weighted by Crippen LogP contribution is 2.50. The van der Waals surface area contributed by atoms with Gasteiger partial charge in [0, 0.05) is 55.0 Å². The molecule has 0 fully saturated rings. The minimum Gasteiger partial charge on any atom is -0.455 e. The van der Waals surface area contributed by atoms with Crippen molar-refractivity contribution in [2.45, 2.75) is 0 Å². The second-order valence-electron chi connectivity index (χ2n) is 15.2. The summed E-state index contributed by atoms with van der Waals surface area (Å²) in [5.41, 5.74) is 13.5. The maximum atomic E-state index is 6.48. The Balaban J connectivity index is 1.09. The lowest BCUT2D eigenvalue weighted by molar-refractivity contribution is 0.669. The van der Waals surface area contributed by atoms with Crippen LogP contribution >= 0.6 is 0 Å². The van der Waals surface area contributed by atoms with Gasteiger partial charge in [-0.1, -0.05) is 176 Å². The minimum absolute atomic E-state index is 0.898. The summed E-state index contributed by atoms with van der Waals surface area (Å²) in [4.78, 5) is 2.44. The highest BCUT2D eigenvalue weighted by atomic mass is 16.3. The van der Waals surface area contributed by atoms with Crippen molar-refractivity contribution in [1.29, 1.82) is 0 Å². The molecule has 3 heteroatoms. The largest absolute Gasteiger partial charge is 0.455 e. The van der Waals surface area contributed by atoms with E-state index in [1.807, 2.05) is 24.3 Å². The summed E-state index contributed by atoms with van der Waals surface area (Å²) >= 11 is 0. The van der Waals surface area contributed by atoms with Gasteiger partial charge in [0.2, 0.25) is 0 Å². The van der Waals surface area contributed by atoms with Crippen LogP contribution in [0.5, 0.6) is 0 Å². The predicted molar refractivity (Wildman–Crippen MR) is 247 cm³/mol. The molecule has 0 spiro atoms. The van der Waals surface area contributed by atoms with E-state index in [2.05, 4.69) is 193 Å². The molecule has 0 radical (unpaired) electrons. The predicted octanol–water partition coefficient (Wildman–Crippen LogP) is 16.3. The van der Waals surface area contributed by atoms with Crippen molar-refractivity contribution < 1.29 is 8.83 Å². The second-order valence-corrected chi connectivity index (χ2v) is 15.2. The lowest BCUT2D eigenvalue weighted by atomic mass is 9.90. The molecular weight excluding hydrogens is 719 g/mol. The first-order chi connectivity index (χ1) is 29.3. The second kappa shape index (κ2) is 13.4. The number of fused-ring (bicyclic) bond motifs is 9. The normalized spacial score (nSPS) is 11.7. The summed E-state index contributed by atoms with van der Waals surface area (Å²) in [5, 5.41) is 9.33. The van der Waals surface area contributed by atoms with Crippen LogP contribution in [0.15, 0.2) is 221 Å². The summed E-state index contributed by atoms with van der Waals surface area (Å²) in [7, 11) is 0. The minimum atomic E-state index is 0.898. The zero-order valence-corrected chi connectivity index (χ0v) is 32.0. The molecule has 0 unspecified atom stereocenters. The van der Waals surface area contributed by atoms with Gasteiger partial charge >= 0.3 is 0 Å². The fourth-order valence-corrected chi connectivity index (χ4v) is 9.19. The van der Waals surface area contributed by atoms with E-state index in [0.717, 1.165) is 88.8 Å². The van der Waals surface area contributed by atoms with E-state index in [0.29, 0.717) is 0 Å². The number of hydrogen-bond donors (Lipinski definition) is 0. The molecule has 0 aliphatic carbocycles. The Labute approximate surface area is 340 Å². The molecule has 0 N–H and O–H groups in total. The Morgan fingerprint density at radius 2 is 0.678 bits per heavy atom. The Morgan fingerprint density at radius 3 is 1.20 bits per heavy atom. The van der Waals surface area contributed by atoms with Crippen molar-refractivity contribution in [2.75, 3.05) is 4.90 Å². The van der Waals surface area contributed by atoms with E-state index in [1.165, 1.54) is 27.1 Å². The Bertz CT molecular complexity index is 3380. The molecule has 10 aromatic carbocycles. The molecule has 0 bridgehead atoms. The number of nitrogens with zero attached hydrogens (tertiary/aromatic N) is 1. The topological polar surface area (TPSA) is 29.5 Å². The van der Waals surface area contributed by atoms with Crippen molar-refractivity contribution in [3.63, 3.8) is 0 Å². The van der Waals surface area contributed by atoms with Crippen LogP contribution in [0.1, 0.15) is 0 Å². The number of benzene rings is 10. The van der Waals surface area contributed by atoms with Gasteiger partial charge in [0.1, 0.15) is 22.3 Å². The number of para-hydroxylation sites is 4. The molecule has 0 atom stereocenters. The maximum Gasteiger partial charge on any atom is 0.143 e. The standard InChI is InChI=1S/C56H35NO2/c1-2-14-38(15-3-1)53-47-20-6-4-16-43(47)44-17-5-7-21-48(44)54(53)57(39-32-28-36(29-33-39)41-22-12-24-49-45-18-8-10-26-51(45)58-55(41)49)40-34-30-37(31-35-40)42-23-13-25-50-46-19-9-11-27-52(46)59-56(42)50/h1-35H. The summed E-state index contributed by atoms with van der Waals surface area (Å²) in [6, 6.07) is 75.7. The molecule has 0 aliphatic rings. The fourth-order valence-electron chi connectivity index (χ4n) is 9.19. The number of hydrogen-bond acceptors (Lipinski definition) is 3. The van der Waals surface area contributed by atoms with Gasteiger partial charge in [-0.3, -0.25) is 0 Å². The fraction of sp³-hybridized carbons (Fsp3) is 0. The van der Waals surface area contributed by atoms with Crippen LogP contribution in [0.25, 0.3) is 98.8 Å². The number of anilines is 3. The van der Waals surface area contributed by atoms with Gasteiger partial charge in [-0.15, -0.1) is 0 Å². The van der Waals surface area contributed by atoms with Gasteiger partial charge in [-0.05, 0) is 69.2 Å². The first-order valence-corrected chi connectivity index (χ1v) is 20.1. The van der Waals surface area contributed by atoms with E-state index in [1.54, 1.807) is 0 Å². The van der Waals surface area contributed by atoms with E-state index in [-0.39, 0.29) is 0 Å². The third-order valence-corrected chi connectivity index (χ3v) is 11.9. The lowest BCUT2D eigenvalue weighted by Gasteiger charge is -2.31. The van der Waals surface area contributed by atoms with Crippen molar-refractivity contribution in [2.24, 2.45) is 0 Å². The third kappa shape index (κ3) is 5.29. The summed E-state index contributed by atoms with van der Waals surface area (Å²) < 4.78 is 13.0. The molecule has 2 aromatic heterocycles. The zero-order valence-electron chi connectivity index (χ0n) is 32.0. The average Bonchev–Trinajstić information content (AvgIpc) is 3.89. The summed E-state index contributed by atoms with van der Waals surface area (Å²) in [6.45, 7) is 0. The molecule has 0 saturated heterocycles. The monoisotopic (exact) mass is 753 g/mol. The Kier molecular flexibility index (Phi) is 7.54. The number of rotatable bonds is 6. The van der Waals surface area contributed by atoms with Crippen LogP contribution < -0.4 is 4.90 Å². The van der Waals surface area contributed by atoms with E-state index in [4.69, 9.17) is 8.83 Å². The Morgan fingerprint density at radius 1 is 0.271 bits per heavy atom. The Hall–Kier alpha value is -7.88. The highest BCUT2D eigenvalue weighted by molar-refractivity contribution is 6.22. The SMILES string of the molecule is c1ccc(-c2c(N(c3ccc(-c4cccc5c4oc4ccccc45)cc3)c3ccc(-c4cccc5c4oc4ccccc45)cc3)c3ccccc3c3ccccc23)cc1. The molecule has 0 amide bonds. The first-order valence-electron chi connectivity index (χ1n) is 20.1. The van der Waals surface area contributed by atoms with Gasteiger partial charge in [-0.25, -0.2) is 0 Å². The van der Waals surface area contributed by atoms with Crippen molar-refractivity contribution in [3.8, 4) is 33.4 Å². The van der Waals surface area contributed by atoms with E-state index < -0.39 is 0 Å². The van der Waals surface area contributed by atoms with Gasteiger partial charge in [-0.2, -0.15) is 0 Å². The first kappa shape index (κ1) is 33.3. The van der Waals surface area contributed by atoms with Crippen molar-refractivity contribution >= 4 is 82.5 Å². The van der Waals surface area contributed by atoms with Crippen LogP contribution in [-0.2, 0) is 0 Å². The summed E-state index contributed by atoms with van der Waals surface area (Å²) in [5.74, 6) is 0.